The minimum atomic E-state index is -0.0375. The molecular weight excluding hydrogens is 256 g/mol. The first-order valence-electron chi connectivity index (χ1n) is 7.48. The second-order valence-corrected chi connectivity index (χ2v) is 5.41. The third-order valence-corrected chi connectivity index (χ3v) is 3.70. The molecule has 1 aliphatic rings. The molecular formula is C20H20O. The van der Waals surface area contributed by atoms with Crippen LogP contribution < -0.4 is 4.74 Å². The summed E-state index contributed by atoms with van der Waals surface area (Å²) >= 11 is 0. The zero-order chi connectivity index (χ0) is 14.5. The first-order valence-corrected chi connectivity index (χ1v) is 7.48. The van der Waals surface area contributed by atoms with Crippen LogP contribution >= 0.6 is 0 Å². The smallest absolute Gasteiger partial charge is 0.149 e. The number of hydrogen-bond donors (Lipinski definition) is 0. The Morgan fingerprint density at radius 3 is 2.33 bits per heavy atom. The van der Waals surface area contributed by atoms with E-state index in [1.54, 1.807) is 0 Å². The maximum Gasteiger partial charge on any atom is 0.149 e. The van der Waals surface area contributed by atoms with Gasteiger partial charge in [0.15, 0.2) is 0 Å². The molecule has 0 aromatic heterocycles. The molecule has 0 unspecified atom stereocenters. The average molecular weight is 276 g/mol. The van der Waals surface area contributed by atoms with E-state index in [9.17, 15) is 0 Å². The van der Waals surface area contributed by atoms with Crippen LogP contribution in [0.25, 0.3) is 0 Å². The van der Waals surface area contributed by atoms with Gasteiger partial charge in [0.25, 0.3) is 0 Å². The number of aryl methyl sites for hydroxylation is 1. The second kappa shape index (κ2) is 6.45. The highest BCUT2D eigenvalue weighted by Gasteiger charge is 2.18. The highest BCUT2D eigenvalue weighted by atomic mass is 16.5. The standard InChI is InChI=1S/C20H20O/c1-16-12-14-18(15-13-16)20(17-8-4-2-5-9-17)21-19-10-6-3-7-11-19/h3-4,6-15,20H,2,5H2,1H3/t20-/m0/s1. The summed E-state index contributed by atoms with van der Waals surface area (Å²) < 4.78 is 6.26. The van der Waals surface area contributed by atoms with Crippen molar-refractivity contribution in [1.82, 2.24) is 0 Å². The van der Waals surface area contributed by atoms with Crippen molar-refractivity contribution in [3.05, 3.63) is 89.5 Å². The molecule has 21 heavy (non-hydrogen) atoms. The summed E-state index contributed by atoms with van der Waals surface area (Å²) in [5.74, 6) is 0.906. The number of allylic oxidation sites excluding steroid dienone is 2. The van der Waals surface area contributed by atoms with Gasteiger partial charge in [-0.2, -0.15) is 0 Å². The molecule has 1 aliphatic carbocycles. The quantitative estimate of drug-likeness (QED) is 0.727. The lowest BCUT2D eigenvalue weighted by Gasteiger charge is -2.22. The molecule has 0 N–H and O–H groups in total. The van der Waals surface area contributed by atoms with E-state index in [1.165, 1.54) is 16.7 Å². The van der Waals surface area contributed by atoms with Crippen LogP contribution in [-0.4, -0.2) is 0 Å². The molecule has 0 amide bonds. The predicted molar refractivity (Wildman–Crippen MR) is 87.4 cm³/mol. The normalized spacial score (nSPS) is 15.4. The van der Waals surface area contributed by atoms with Gasteiger partial charge in [-0.05, 0) is 43.0 Å². The lowest BCUT2D eigenvalue weighted by atomic mass is 9.96. The molecule has 0 radical (unpaired) electrons. The van der Waals surface area contributed by atoms with E-state index >= 15 is 0 Å². The third-order valence-electron chi connectivity index (χ3n) is 3.70. The summed E-state index contributed by atoms with van der Waals surface area (Å²) in [4.78, 5) is 0. The second-order valence-electron chi connectivity index (χ2n) is 5.41. The molecule has 2 aromatic carbocycles. The Morgan fingerprint density at radius 2 is 1.67 bits per heavy atom. The Labute approximate surface area is 126 Å². The number of hydrogen-bond acceptors (Lipinski definition) is 1. The van der Waals surface area contributed by atoms with Gasteiger partial charge in [-0.3, -0.25) is 0 Å². The number of benzene rings is 2. The number of para-hydroxylation sites is 1. The first-order chi connectivity index (χ1) is 10.3. The molecule has 0 spiro atoms. The maximum atomic E-state index is 6.26. The minimum absolute atomic E-state index is 0.0375. The van der Waals surface area contributed by atoms with E-state index < -0.39 is 0 Å². The minimum Gasteiger partial charge on any atom is -0.481 e. The van der Waals surface area contributed by atoms with Crippen molar-refractivity contribution in [2.24, 2.45) is 0 Å². The third kappa shape index (κ3) is 3.43. The molecule has 3 rings (SSSR count). The topological polar surface area (TPSA) is 9.23 Å². The lowest BCUT2D eigenvalue weighted by Crippen LogP contribution is -2.11. The molecule has 1 nitrogen and oxygen atoms in total. The van der Waals surface area contributed by atoms with Gasteiger partial charge in [0.1, 0.15) is 11.9 Å². The molecule has 0 saturated heterocycles. The molecule has 0 saturated carbocycles. The van der Waals surface area contributed by atoms with Gasteiger partial charge in [-0.1, -0.05) is 66.3 Å². The fraction of sp³-hybridized carbons (Fsp3) is 0.200. The summed E-state index contributed by atoms with van der Waals surface area (Å²) in [6.07, 6.45) is 8.88. The van der Waals surface area contributed by atoms with Crippen molar-refractivity contribution in [3.8, 4) is 5.75 Å². The molecule has 0 bridgehead atoms. The Hall–Kier alpha value is -2.28. The van der Waals surface area contributed by atoms with Crippen molar-refractivity contribution >= 4 is 0 Å². The van der Waals surface area contributed by atoms with Crippen molar-refractivity contribution < 1.29 is 4.74 Å². The SMILES string of the molecule is Cc1ccc([C@@H](Oc2ccccc2)C2=CCCC=C2)cc1. The Morgan fingerprint density at radius 1 is 0.905 bits per heavy atom. The Balaban J connectivity index is 1.92. The van der Waals surface area contributed by atoms with Gasteiger partial charge in [0, 0.05) is 0 Å². The number of ether oxygens (including phenoxy) is 1. The van der Waals surface area contributed by atoms with Gasteiger partial charge in [0.2, 0.25) is 0 Å². The number of rotatable bonds is 4. The zero-order valence-electron chi connectivity index (χ0n) is 12.3. The van der Waals surface area contributed by atoms with Crippen molar-refractivity contribution in [3.63, 3.8) is 0 Å². The van der Waals surface area contributed by atoms with Gasteiger partial charge in [-0.15, -0.1) is 0 Å². The van der Waals surface area contributed by atoms with Crippen LogP contribution in [0.2, 0.25) is 0 Å². The zero-order valence-corrected chi connectivity index (χ0v) is 12.3. The van der Waals surface area contributed by atoms with E-state index in [-0.39, 0.29) is 6.10 Å². The van der Waals surface area contributed by atoms with E-state index in [0.717, 1.165) is 18.6 Å². The summed E-state index contributed by atoms with van der Waals surface area (Å²) in [5, 5.41) is 0. The summed E-state index contributed by atoms with van der Waals surface area (Å²) in [7, 11) is 0. The highest BCUT2D eigenvalue weighted by molar-refractivity contribution is 5.37. The molecule has 0 heterocycles. The average Bonchev–Trinajstić information content (AvgIpc) is 2.55. The summed E-state index contributed by atoms with van der Waals surface area (Å²) in [6, 6.07) is 18.6. The predicted octanol–water partition coefficient (Wildman–Crippen LogP) is 5.39. The van der Waals surface area contributed by atoms with Gasteiger partial charge >= 0.3 is 0 Å². The molecule has 0 aliphatic heterocycles. The van der Waals surface area contributed by atoms with E-state index in [1.807, 2.05) is 30.3 Å². The van der Waals surface area contributed by atoms with Crippen molar-refractivity contribution in [2.75, 3.05) is 0 Å². The monoisotopic (exact) mass is 276 g/mol. The van der Waals surface area contributed by atoms with Crippen molar-refractivity contribution in [1.29, 1.82) is 0 Å². The van der Waals surface area contributed by atoms with Gasteiger partial charge in [0.05, 0.1) is 0 Å². The van der Waals surface area contributed by atoms with E-state index in [0.29, 0.717) is 0 Å². The van der Waals surface area contributed by atoms with Crippen LogP contribution in [0.4, 0.5) is 0 Å². The molecule has 106 valence electrons. The van der Waals surface area contributed by atoms with E-state index in [2.05, 4.69) is 49.4 Å². The Bertz CT molecular complexity index is 635. The van der Waals surface area contributed by atoms with E-state index in [4.69, 9.17) is 4.74 Å². The van der Waals surface area contributed by atoms with Crippen LogP contribution in [-0.2, 0) is 0 Å². The van der Waals surface area contributed by atoms with Crippen LogP contribution in [0.1, 0.15) is 30.1 Å². The fourth-order valence-corrected chi connectivity index (χ4v) is 2.53. The highest BCUT2D eigenvalue weighted by Crippen LogP contribution is 2.31. The summed E-state index contributed by atoms with van der Waals surface area (Å²) in [6.45, 7) is 2.11. The fourth-order valence-electron chi connectivity index (χ4n) is 2.53. The van der Waals surface area contributed by atoms with Crippen molar-refractivity contribution in [2.45, 2.75) is 25.9 Å². The van der Waals surface area contributed by atoms with Gasteiger partial charge < -0.3 is 4.74 Å². The lowest BCUT2D eigenvalue weighted by molar-refractivity contribution is 0.246. The Kier molecular flexibility index (Phi) is 4.20. The summed E-state index contributed by atoms with van der Waals surface area (Å²) in [5.41, 5.74) is 3.71. The van der Waals surface area contributed by atoms with Crippen LogP contribution in [0.5, 0.6) is 5.75 Å². The van der Waals surface area contributed by atoms with Crippen LogP contribution in [0, 0.1) is 6.92 Å². The van der Waals surface area contributed by atoms with Crippen LogP contribution in [0.3, 0.4) is 0 Å². The molecule has 2 aromatic rings. The molecule has 0 fully saturated rings. The maximum absolute atomic E-state index is 6.26. The first kappa shape index (κ1) is 13.7. The van der Waals surface area contributed by atoms with Gasteiger partial charge in [-0.25, -0.2) is 0 Å². The molecule has 1 atom stereocenters. The molecule has 1 heteroatoms. The largest absolute Gasteiger partial charge is 0.481 e. The van der Waals surface area contributed by atoms with Crippen LogP contribution in [0.15, 0.2) is 78.4 Å².